The summed E-state index contributed by atoms with van der Waals surface area (Å²) in [7, 11) is 0. The number of hydrogen-bond donors (Lipinski definition) is 3. The van der Waals surface area contributed by atoms with Gasteiger partial charge in [0.2, 0.25) is 0 Å². The van der Waals surface area contributed by atoms with E-state index in [1.807, 2.05) is 73.9 Å². The lowest BCUT2D eigenvalue weighted by Crippen LogP contribution is -2.09. The number of thiophene rings is 1. The number of aromatic amines is 2. The van der Waals surface area contributed by atoms with E-state index in [4.69, 9.17) is 4.98 Å². The fourth-order valence-corrected chi connectivity index (χ4v) is 5.60. The molecule has 1 aromatic carbocycles. The summed E-state index contributed by atoms with van der Waals surface area (Å²) < 4.78 is 0. The molecule has 196 valence electrons. The van der Waals surface area contributed by atoms with Gasteiger partial charge in [-0.05, 0) is 67.5 Å². The van der Waals surface area contributed by atoms with E-state index in [2.05, 4.69) is 63.8 Å². The molecule has 0 spiro atoms. The lowest BCUT2D eigenvalue weighted by Gasteiger charge is -2.12. The average molecular weight is 541 g/mol. The van der Waals surface area contributed by atoms with Gasteiger partial charge in [-0.3, -0.25) is 10.1 Å². The summed E-state index contributed by atoms with van der Waals surface area (Å²) in [6.07, 6.45) is 9.62. The van der Waals surface area contributed by atoms with Crippen LogP contribution in [0, 0.1) is 6.92 Å². The van der Waals surface area contributed by atoms with Gasteiger partial charge in [0.25, 0.3) is 0 Å². The lowest BCUT2D eigenvalue weighted by molar-refractivity contribution is 1.12. The molecule has 0 atom stereocenters. The van der Waals surface area contributed by atoms with Crippen molar-refractivity contribution >= 4 is 44.5 Å². The Bertz CT molecular complexity index is 1930. The molecule has 6 rings (SSSR count). The Labute approximate surface area is 236 Å². The van der Waals surface area contributed by atoms with Crippen molar-refractivity contribution < 1.29 is 0 Å². The molecule has 0 radical (unpaired) electrons. The van der Waals surface area contributed by atoms with Gasteiger partial charge in [-0.15, -0.1) is 11.3 Å². The molecule has 3 N–H and O–H groups in total. The van der Waals surface area contributed by atoms with Crippen LogP contribution in [0.2, 0.25) is 0 Å². The largest absolute Gasteiger partial charge is 0.356 e. The summed E-state index contributed by atoms with van der Waals surface area (Å²) >= 11 is 1.76. The Morgan fingerprint density at radius 3 is 2.62 bits per heavy atom. The molecule has 40 heavy (non-hydrogen) atoms. The van der Waals surface area contributed by atoms with E-state index in [1.54, 1.807) is 17.4 Å². The second kappa shape index (κ2) is 10.6. The molecule has 0 saturated carbocycles. The third-order valence-corrected chi connectivity index (χ3v) is 7.80. The fourth-order valence-electron chi connectivity index (χ4n) is 4.71. The van der Waals surface area contributed by atoms with Crippen molar-refractivity contribution in [2.45, 2.75) is 13.8 Å². The highest BCUT2D eigenvalue weighted by Gasteiger charge is 2.16. The van der Waals surface area contributed by atoms with E-state index in [-0.39, 0.29) is 0 Å². The summed E-state index contributed by atoms with van der Waals surface area (Å²) in [6.45, 7) is 12.3. The van der Waals surface area contributed by atoms with Crippen molar-refractivity contribution in [2.24, 2.45) is 0 Å². The van der Waals surface area contributed by atoms with E-state index >= 15 is 0 Å². The zero-order valence-corrected chi connectivity index (χ0v) is 23.1. The maximum atomic E-state index is 5.04. The molecule has 7 heteroatoms. The van der Waals surface area contributed by atoms with Gasteiger partial charge in [0.1, 0.15) is 11.2 Å². The van der Waals surface area contributed by atoms with Gasteiger partial charge in [0.15, 0.2) is 0 Å². The van der Waals surface area contributed by atoms with Crippen molar-refractivity contribution in [2.75, 3.05) is 0 Å². The van der Waals surface area contributed by atoms with Crippen molar-refractivity contribution in [1.29, 1.82) is 0 Å². The second-order valence-corrected chi connectivity index (χ2v) is 10.7. The molecule has 0 unspecified atom stereocenters. The number of hydrogen-bond acceptors (Lipinski definition) is 5. The Kier molecular flexibility index (Phi) is 6.72. The quantitative estimate of drug-likeness (QED) is 0.170. The molecule has 5 heterocycles. The normalized spacial score (nSPS) is 12.2. The van der Waals surface area contributed by atoms with Gasteiger partial charge in [-0.25, -0.2) is 4.98 Å². The van der Waals surface area contributed by atoms with Gasteiger partial charge < -0.3 is 10.3 Å². The minimum Gasteiger partial charge on any atom is -0.356 e. The second-order valence-electron chi connectivity index (χ2n) is 9.42. The summed E-state index contributed by atoms with van der Waals surface area (Å²) in [5.74, 6) is 0. The molecular weight excluding hydrogens is 512 g/mol. The third kappa shape index (κ3) is 4.79. The highest BCUT2D eigenvalue weighted by Crippen LogP contribution is 2.36. The molecular formula is C33H28N6S. The van der Waals surface area contributed by atoms with Gasteiger partial charge >= 0.3 is 0 Å². The number of aryl methyl sites for hydroxylation is 1. The highest BCUT2D eigenvalue weighted by atomic mass is 32.1. The Hall–Kier alpha value is -5.01. The van der Waals surface area contributed by atoms with E-state index in [0.717, 1.165) is 67.1 Å². The first-order valence-electron chi connectivity index (χ1n) is 12.9. The van der Waals surface area contributed by atoms with Crippen LogP contribution in [0.4, 0.5) is 0 Å². The number of benzene rings is 1. The predicted molar refractivity (Wildman–Crippen MR) is 168 cm³/mol. The van der Waals surface area contributed by atoms with Crippen molar-refractivity contribution in [3.8, 4) is 21.8 Å². The van der Waals surface area contributed by atoms with E-state index in [9.17, 15) is 0 Å². The highest BCUT2D eigenvalue weighted by molar-refractivity contribution is 7.15. The monoisotopic (exact) mass is 540 g/mol. The van der Waals surface area contributed by atoms with E-state index < -0.39 is 0 Å². The van der Waals surface area contributed by atoms with Crippen LogP contribution in [0.1, 0.15) is 23.1 Å². The number of nitrogens with zero attached hydrogens (tertiary/aromatic N) is 3. The average Bonchev–Trinajstić information content (AvgIpc) is 3.72. The number of nitrogens with one attached hydrogen (secondary N) is 3. The molecule has 0 saturated heterocycles. The van der Waals surface area contributed by atoms with Gasteiger partial charge in [-0.2, -0.15) is 5.10 Å². The maximum absolute atomic E-state index is 5.04. The Morgan fingerprint density at radius 2 is 1.88 bits per heavy atom. The number of H-pyrrole nitrogens is 2. The molecule has 0 aliphatic rings. The first kappa shape index (κ1) is 25.3. The van der Waals surface area contributed by atoms with E-state index in [1.165, 1.54) is 9.75 Å². The Balaban J connectivity index is 1.36. The third-order valence-electron chi connectivity index (χ3n) is 6.77. The fraction of sp³-hybridized carbons (Fsp3) is 0.0606. The van der Waals surface area contributed by atoms with Crippen LogP contribution in [-0.4, -0.2) is 25.1 Å². The molecule has 0 fully saturated rings. The molecule has 0 aliphatic heterocycles. The number of fused-ring (bicyclic) bond motifs is 2. The van der Waals surface area contributed by atoms with Crippen molar-refractivity contribution in [1.82, 2.24) is 30.5 Å². The van der Waals surface area contributed by atoms with Crippen molar-refractivity contribution in [3.05, 3.63) is 126 Å². The maximum Gasteiger partial charge on any atom is 0.135 e. The standard InChI is InChI=1S/C33H28N6S/c1-5-22(16-24(6-2)35-21(4)23-10-8-7-9-11-23)27-13-14-28-32(37-27)33(39-38-28)29-17-25-26(18-34-19-30(25)36-29)31-15-12-20(3)40-31/h5-19,35-36H,2,4H2,1,3H3,(H,38,39)/b22-5+,24-16+. The first-order chi connectivity index (χ1) is 19.5. The van der Waals surface area contributed by atoms with Gasteiger partial charge in [0, 0.05) is 38.3 Å². The molecule has 5 aromatic heterocycles. The number of pyridine rings is 2. The SMILES string of the molecule is C=C/C(=C\C(=C/C)c1ccc2[nH]nc(-c3cc4c(-c5ccc(C)s5)cncc4[nH]3)c2n1)NC(=C)c1ccccc1. The first-order valence-corrected chi connectivity index (χ1v) is 13.8. The number of allylic oxidation sites excluding steroid dienone is 4. The topological polar surface area (TPSA) is 82.3 Å². The van der Waals surface area contributed by atoms with Crippen LogP contribution < -0.4 is 5.32 Å². The minimum atomic E-state index is 0.764. The van der Waals surface area contributed by atoms with Crippen LogP contribution in [0.15, 0.2) is 110 Å². The summed E-state index contributed by atoms with van der Waals surface area (Å²) in [4.78, 5) is 15.5. The predicted octanol–water partition coefficient (Wildman–Crippen LogP) is 8.27. The summed E-state index contributed by atoms with van der Waals surface area (Å²) in [6, 6.07) is 20.4. The van der Waals surface area contributed by atoms with Crippen LogP contribution in [0.5, 0.6) is 0 Å². The number of rotatable bonds is 8. The van der Waals surface area contributed by atoms with Crippen molar-refractivity contribution in [3.63, 3.8) is 0 Å². The summed E-state index contributed by atoms with van der Waals surface area (Å²) in [5, 5.41) is 12.3. The molecule has 0 amide bonds. The molecule has 6 nitrogen and oxygen atoms in total. The molecule has 0 aliphatic carbocycles. The van der Waals surface area contributed by atoms with Gasteiger partial charge in [-0.1, -0.05) is 49.6 Å². The van der Waals surface area contributed by atoms with Crippen LogP contribution >= 0.6 is 11.3 Å². The zero-order valence-electron chi connectivity index (χ0n) is 22.3. The zero-order chi connectivity index (χ0) is 27.6. The van der Waals surface area contributed by atoms with E-state index in [0.29, 0.717) is 0 Å². The van der Waals surface area contributed by atoms with Crippen LogP contribution in [-0.2, 0) is 0 Å². The summed E-state index contributed by atoms with van der Waals surface area (Å²) in [5.41, 5.74) is 9.81. The lowest BCUT2D eigenvalue weighted by atomic mass is 10.1. The number of aromatic nitrogens is 5. The van der Waals surface area contributed by atoms with Crippen LogP contribution in [0.3, 0.4) is 0 Å². The smallest absolute Gasteiger partial charge is 0.135 e. The van der Waals surface area contributed by atoms with Gasteiger partial charge in [0.05, 0.1) is 28.6 Å². The van der Waals surface area contributed by atoms with Crippen LogP contribution in [0.25, 0.3) is 55.0 Å². The Morgan fingerprint density at radius 1 is 1.02 bits per heavy atom. The molecule has 0 bridgehead atoms. The minimum absolute atomic E-state index is 0.764. The molecule has 6 aromatic rings.